The normalized spacial score (nSPS) is 15.1. The molecule has 0 spiro atoms. The second-order valence-corrected chi connectivity index (χ2v) is 3.29. The van der Waals surface area contributed by atoms with Gasteiger partial charge in [-0.1, -0.05) is 0 Å². The molecule has 1 aromatic rings. The molecule has 0 bridgehead atoms. The molecule has 0 aromatic carbocycles. The van der Waals surface area contributed by atoms with Gasteiger partial charge in [-0.15, -0.1) is 0 Å². The van der Waals surface area contributed by atoms with Crippen LogP contribution in [-0.4, -0.2) is 37.3 Å². The summed E-state index contributed by atoms with van der Waals surface area (Å²) in [6, 6.07) is 0. The average molecular weight is 201 g/mol. The summed E-state index contributed by atoms with van der Waals surface area (Å²) in [5.74, 6) is -0.0236. The number of nitrogens with one attached hydrogen (secondary N) is 1. The van der Waals surface area contributed by atoms with Crippen molar-refractivity contribution in [1.82, 2.24) is 9.97 Å². The monoisotopic (exact) mass is 201 g/mol. The van der Waals surface area contributed by atoms with E-state index in [0.29, 0.717) is 0 Å². The quantitative estimate of drug-likeness (QED) is 0.453. The molecule has 0 aliphatic rings. The highest BCUT2D eigenvalue weighted by molar-refractivity contribution is 5.15. The van der Waals surface area contributed by atoms with Crippen LogP contribution in [0, 0.1) is 10.1 Å². The third-order valence-electron chi connectivity index (χ3n) is 1.69. The first-order valence-corrected chi connectivity index (χ1v) is 3.96. The van der Waals surface area contributed by atoms with Crippen molar-refractivity contribution in [2.75, 3.05) is 6.61 Å². The number of nitro groups is 1. The van der Waals surface area contributed by atoms with Crippen molar-refractivity contribution in [3.8, 4) is 0 Å². The molecule has 1 rings (SSSR count). The van der Waals surface area contributed by atoms with Crippen LogP contribution in [0.4, 0.5) is 5.82 Å². The second-order valence-electron chi connectivity index (χ2n) is 3.29. The van der Waals surface area contributed by atoms with Crippen LogP contribution in [-0.2, 0) is 6.42 Å². The Bertz CT molecular complexity index is 333. The summed E-state index contributed by atoms with van der Waals surface area (Å²) in [7, 11) is 0. The zero-order valence-electron chi connectivity index (χ0n) is 7.60. The minimum Gasteiger partial charge on any atom is -0.393 e. The van der Waals surface area contributed by atoms with Gasteiger partial charge < -0.3 is 25.3 Å². The molecule has 0 amide bonds. The van der Waals surface area contributed by atoms with Crippen molar-refractivity contribution in [3.05, 3.63) is 22.1 Å². The zero-order valence-corrected chi connectivity index (χ0v) is 7.60. The van der Waals surface area contributed by atoms with Crippen LogP contribution in [0.5, 0.6) is 0 Å². The summed E-state index contributed by atoms with van der Waals surface area (Å²) in [6.07, 6.45) is 1.18. The number of hydrogen-bond donors (Lipinski definition) is 3. The first-order valence-electron chi connectivity index (χ1n) is 3.96. The largest absolute Gasteiger partial charge is 0.393 e. The van der Waals surface area contributed by atoms with Crippen molar-refractivity contribution >= 4 is 5.82 Å². The van der Waals surface area contributed by atoms with Crippen molar-refractivity contribution in [2.45, 2.75) is 18.9 Å². The van der Waals surface area contributed by atoms with Gasteiger partial charge in [0.2, 0.25) is 5.82 Å². The summed E-state index contributed by atoms with van der Waals surface area (Å²) >= 11 is 0. The Labute approximate surface area is 79.6 Å². The average Bonchev–Trinajstić information content (AvgIpc) is 2.52. The van der Waals surface area contributed by atoms with E-state index in [0.717, 1.165) is 6.20 Å². The van der Waals surface area contributed by atoms with E-state index in [1.54, 1.807) is 0 Å². The molecule has 0 aliphatic carbocycles. The first kappa shape index (κ1) is 10.6. The topological polar surface area (TPSA) is 112 Å². The molecule has 14 heavy (non-hydrogen) atoms. The first-order chi connectivity index (χ1) is 6.44. The molecule has 1 atom stereocenters. The highest BCUT2D eigenvalue weighted by Gasteiger charge is 2.25. The van der Waals surface area contributed by atoms with Crippen LogP contribution in [0.3, 0.4) is 0 Å². The van der Waals surface area contributed by atoms with Gasteiger partial charge in [0.05, 0.1) is 18.6 Å². The van der Waals surface area contributed by atoms with E-state index in [-0.39, 0.29) is 18.1 Å². The van der Waals surface area contributed by atoms with Gasteiger partial charge in [-0.25, -0.2) is 0 Å². The lowest BCUT2D eigenvalue weighted by Gasteiger charge is -2.16. The number of imidazole rings is 1. The standard InChI is InChI=1S/C7H11N3O4/c1-7(12,4-11)2-5-8-3-6(9-5)10(13)14/h3,11-12H,2,4H2,1H3,(H,8,9)/t7-/m1/s1. The fourth-order valence-corrected chi connectivity index (χ4v) is 0.951. The number of aromatic nitrogens is 2. The molecule has 7 nitrogen and oxygen atoms in total. The van der Waals surface area contributed by atoms with Crippen LogP contribution >= 0.6 is 0 Å². The Kier molecular flexibility index (Phi) is 2.82. The Hall–Kier alpha value is -1.47. The molecular weight excluding hydrogens is 190 g/mol. The Balaban J connectivity index is 2.73. The molecule has 0 radical (unpaired) electrons. The van der Waals surface area contributed by atoms with Gasteiger partial charge in [-0.2, -0.15) is 0 Å². The SMILES string of the molecule is C[C@](O)(CO)Cc1nc([N+](=O)[O-])c[nH]1. The van der Waals surface area contributed by atoms with Crippen molar-refractivity contribution in [2.24, 2.45) is 0 Å². The molecule has 7 heteroatoms. The predicted molar refractivity (Wildman–Crippen MR) is 46.7 cm³/mol. The van der Waals surface area contributed by atoms with Gasteiger partial charge in [0.1, 0.15) is 6.20 Å². The smallest absolute Gasteiger partial charge is 0.381 e. The molecule has 0 saturated carbocycles. The Morgan fingerprint density at radius 3 is 2.86 bits per heavy atom. The van der Waals surface area contributed by atoms with Crippen LogP contribution in [0.2, 0.25) is 0 Å². The van der Waals surface area contributed by atoms with Crippen LogP contribution in [0.15, 0.2) is 6.20 Å². The minimum absolute atomic E-state index is 0.0390. The molecule has 0 saturated heterocycles. The summed E-state index contributed by atoms with van der Waals surface area (Å²) in [4.78, 5) is 15.8. The summed E-state index contributed by atoms with van der Waals surface area (Å²) in [6.45, 7) is 0.989. The molecular formula is C7H11N3O4. The van der Waals surface area contributed by atoms with E-state index in [4.69, 9.17) is 5.11 Å². The van der Waals surface area contributed by atoms with E-state index >= 15 is 0 Å². The lowest BCUT2D eigenvalue weighted by atomic mass is 10.0. The third kappa shape index (κ3) is 2.51. The highest BCUT2D eigenvalue weighted by atomic mass is 16.6. The van der Waals surface area contributed by atoms with Crippen molar-refractivity contribution in [1.29, 1.82) is 0 Å². The van der Waals surface area contributed by atoms with Gasteiger partial charge in [0, 0.05) is 0 Å². The predicted octanol–water partition coefficient (Wildman–Crippen LogP) is -0.396. The van der Waals surface area contributed by atoms with Crippen molar-refractivity contribution < 1.29 is 15.1 Å². The maximum absolute atomic E-state index is 10.3. The lowest BCUT2D eigenvalue weighted by molar-refractivity contribution is -0.389. The van der Waals surface area contributed by atoms with Crippen LogP contribution in [0.25, 0.3) is 0 Å². The number of H-pyrrole nitrogens is 1. The number of nitrogens with zero attached hydrogens (tertiary/aromatic N) is 2. The molecule has 0 fully saturated rings. The van der Waals surface area contributed by atoms with Gasteiger partial charge in [-0.3, -0.25) is 0 Å². The van der Waals surface area contributed by atoms with Crippen LogP contribution in [0.1, 0.15) is 12.7 Å². The Morgan fingerprint density at radius 1 is 1.79 bits per heavy atom. The maximum atomic E-state index is 10.3. The summed E-state index contributed by atoms with van der Waals surface area (Å²) < 4.78 is 0. The van der Waals surface area contributed by atoms with E-state index in [1.165, 1.54) is 6.92 Å². The molecule has 78 valence electrons. The minimum atomic E-state index is -1.31. The highest BCUT2D eigenvalue weighted by Crippen LogP contribution is 2.12. The third-order valence-corrected chi connectivity index (χ3v) is 1.69. The van der Waals surface area contributed by atoms with Gasteiger partial charge in [0.15, 0.2) is 0 Å². The van der Waals surface area contributed by atoms with E-state index in [9.17, 15) is 15.2 Å². The second kappa shape index (κ2) is 3.72. The molecule has 0 aliphatic heterocycles. The molecule has 1 aromatic heterocycles. The number of hydrogen-bond acceptors (Lipinski definition) is 5. The number of aliphatic hydroxyl groups excluding tert-OH is 1. The number of aromatic amines is 1. The fourth-order valence-electron chi connectivity index (χ4n) is 0.951. The lowest BCUT2D eigenvalue weighted by Crippen LogP contribution is -2.32. The summed E-state index contributed by atoms with van der Waals surface area (Å²) in [5, 5.41) is 28.5. The molecule has 1 heterocycles. The van der Waals surface area contributed by atoms with Gasteiger partial charge in [-0.05, 0) is 16.8 Å². The van der Waals surface area contributed by atoms with Crippen molar-refractivity contribution in [3.63, 3.8) is 0 Å². The molecule has 3 N–H and O–H groups in total. The molecule has 0 unspecified atom stereocenters. The van der Waals surface area contributed by atoms with E-state index < -0.39 is 17.1 Å². The summed E-state index contributed by atoms with van der Waals surface area (Å²) in [5.41, 5.74) is -1.31. The Morgan fingerprint density at radius 2 is 2.43 bits per heavy atom. The number of aliphatic hydroxyl groups is 2. The zero-order chi connectivity index (χ0) is 10.8. The van der Waals surface area contributed by atoms with Gasteiger partial charge >= 0.3 is 5.82 Å². The fraction of sp³-hybridized carbons (Fsp3) is 0.571. The number of rotatable bonds is 4. The van der Waals surface area contributed by atoms with E-state index in [2.05, 4.69) is 9.97 Å². The van der Waals surface area contributed by atoms with Gasteiger partial charge in [0.25, 0.3) is 0 Å². The van der Waals surface area contributed by atoms with Crippen LogP contribution < -0.4 is 0 Å². The van der Waals surface area contributed by atoms with E-state index in [1.807, 2.05) is 0 Å². The maximum Gasteiger partial charge on any atom is 0.381 e.